The number of likely N-dealkylation sites (tertiary alicyclic amines) is 1. The number of aromatic amines is 1. The van der Waals surface area contributed by atoms with Crippen LogP contribution in [0.4, 0.5) is 8.78 Å². The lowest BCUT2D eigenvalue weighted by molar-refractivity contribution is -0.134. The summed E-state index contributed by atoms with van der Waals surface area (Å²) in [5, 5.41) is 7.42. The van der Waals surface area contributed by atoms with E-state index in [4.69, 9.17) is 14.6 Å². The standard InChI is InChI=1S/C27H23F2N3O2.C2H4O2/c1-31-10-9-18(14-31)32-25-8-5-16(12-24(25)30-27(32)33)11-21-19-3-2-4-23(29)22(19)15-34-26-13-17(28)6-7-20(21)26;1-2(3)4/h2-8,11-13,18H,9-10,14-15H2,1H3,(H,30,33);1H3,(H,3,4)/b21-11+;/t18-;/m0./s1. The summed E-state index contributed by atoms with van der Waals surface area (Å²) in [5.74, 6) is -1.25. The number of imidazole rings is 1. The summed E-state index contributed by atoms with van der Waals surface area (Å²) in [7, 11) is 2.06. The van der Waals surface area contributed by atoms with Crippen molar-refractivity contribution < 1.29 is 23.4 Å². The van der Waals surface area contributed by atoms with Gasteiger partial charge >= 0.3 is 5.69 Å². The van der Waals surface area contributed by atoms with E-state index >= 15 is 0 Å². The highest BCUT2D eigenvalue weighted by molar-refractivity contribution is 5.95. The second-order valence-electron chi connectivity index (χ2n) is 9.55. The van der Waals surface area contributed by atoms with Crippen LogP contribution in [-0.2, 0) is 11.4 Å². The van der Waals surface area contributed by atoms with Crippen LogP contribution < -0.4 is 10.4 Å². The van der Waals surface area contributed by atoms with Gasteiger partial charge in [-0.1, -0.05) is 18.2 Å². The summed E-state index contributed by atoms with van der Waals surface area (Å²) in [4.78, 5) is 27.0. The number of benzene rings is 3. The molecule has 7 nitrogen and oxygen atoms in total. The lowest BCUT2D eigenvalue weighted by atomic mass is 9.92. The predicted octanol–water partition coefficient (Wildman–Crippen LogP) is 5.06. The molecule has 196 valence electrons. The van der Waals surface area contributed by atoms with E-state index in [0.29, 0.717) is 22.4 Å². The normalized spacial score (nSPS) is 17.8. The van der Waals surface area contributed by atoms with Gasteiger partial charge in [0, 0.05) is 30.7 Å². The number of nitrogens with one attached hydrogen (secondary N) is 1. The van der Waals surface area contributed by atoms with Crippen molar-refractivity contribution in [2.24, 2.45) is 0 Å². The van der Waals surface area contributed by atoms with E-state index < -0.39 is 11.8 Å². The van der Waals surface area contributed by atoms with Crippen LogP contribution in [0.5, 0.6) is 5.75 Å². The molecule has 3 aromatic carbocycles. The number of carbonyl (C=O) groups is 1. The van der Waals surface area contributed by atoms with Crippen LogP contribution in [0.3, 0.4) is 0 Å². The molecule has 1 saturated heterocycles. The van der Waals surface area contributed by atoms with Gasteiger partial charge in [0.25, 0.3) is 5.97 Å². The third kappa shape index (κ3) is 4.97. The van der Waals surface area contributed by atoms with E-state index in [9.17, 15) is 13.6 Å². The van der Waals surface area contributed by atoms with Gasteiger partial charge in [0.05, 0.1) is 17.1 Å². The zero-order chi connectivity index (χ0) is 27.0. The number of hydrogen-bond donors (Lipinski definition) is 2. The Labute approximate surface area is 217 Å². The van der Waals surface area contributed by atoms with Crippen molar-refractivity contribution >= 4 is 28.7 Å². The first-order valence-electron chi connectivity index (χ1n) is 12.3. The fraction of sp³-hybridized carbons (Fsp3) is 0.241. The van der Waals surface area contributed by atoms with Crippen LogP contribution in [0.25, 0.3) is 22.7 Å². The first kappa shape index (κ1) is 25.4. The zero-order valence-electron chi connectivity index (χ0n) is 21.0. The van der Waals surface area contributed by atoms with E-state index in [0.717, 1.165) is 48.6 Å². The van der Waals surface area contributed by atoms with Crippen LogP contribution in [0, 0.1) is 11.6 Å². The van der Waals surface area contributed by atoms with E-state index in [-0.39, 0.29) is 24.2 Å². The molecule has 3 heterocycles. The molecule has 2 aliphatic heterocycles. The fourth-order valence-corrected chi connectivity index (χ4v) is 5.14. The van der Waals surface area contributed by atoms with Crippen LogP contribution in [-0.4, -0.2) is 45.7 Å². The molecule has 2 aliphatic rings. The third-order valence-corrected chi connectivity index (χ3v) is 6.80. The van der Waals surface area contributed by atoms with Gasteiger partial charge in [0.1, 0.15) is 24.0 Å². The Balaban J connectivity index is 0.000000689. The van der Waals surface area contributed by atoms with Gasteiger partial charge in [-0.2, -0.15) is 0 Å². The van der Waals surface area contributed by atoms with Crippen LogP contribution in [0.2, 0.25) is 0 Å². The summed E-state index contributed by atoms with van der Waals surface area (Å²) < 4.78 is 36.2. The number of nitrogens with zero attached hydrogens (tertiary/aromatic N) is 2. The Morgan fingerprint density at radius 3 is 2.66 bits per heavy atom. The smallest absolute Gasteiger partial charge is 0.326 e. The Morgan fingerprint density at radius 1 is 1.13 bits per heavy atom. The van der Waals surface area contributed by atoms with Crippen molar-refractivity contribution in [2.45, 2.75) is 26.0 Å². The topological polar surface area (TPSA) is 87.6 Å². The second-order valence-corrected chi connectivity index (χ2v) is 9.55. The quantitative estimate of drug-likeness (QED) is 0.387. The van der Waals surface area contributed by atoms with E-state index in [1.165, 1.54) is 18.2 Å². The van der Waals surface area contributed by atoms with Crippen LogP contribution >= 0.6 is 0 Å². The highest BCUT2D eigenvalue weighted by atomic mass is 19.1. The minimum absolute atomic E-state index is 0.0147. The Morgan fingerprint density at radius 2 is 1.92 bits per heavy atom. The van der Waals surface area contributed by atoms with Gasteiger partial charge in [-0.15, -0.1) is 0 Å². The van der Waals surface area contributed by atoms with Crippen molar-refractivity contribution in [1.29, 1.82) is 0 Å². The SMILES string of the molecule is CC(=O)O.CN1CC[C@H](n2c(=O)[nH]c3cc(/C=C4/c5ccc(F)cc5OCc5c(F)cccc54)ccc32)C1. The number of rotatable bonds is 2. The molecular weight excluding hydrogens is 492 g/mol. The summed E-state index contributed by atoms with van der Waals surface area (Å²) in [6, 6.07) is 15.2. The molecule has 0 bridgehead atoms. The predicted molar refractivity (Wildman–Crippen MR) is 141 cm³/mol. The summed E-state index contributed by atoms with van der Waals surface area (Å²) in [6.45, 7) is 2.90. The van der Waals surface area contributed by atoms with Gasteiger partial charge in [0.15, 0.2) is 0 Å². The minimum atomic E-state index is -0.833. The summed E-state index contributed by atoms with van der Waals surface area (Å²) >= 11 is 0. The number of aromatic nitrogens is 2. The number of likely N-dealkylation sites (N-methyl/N-ethyl adjacent to an activating group) is 1. The van der Waals surface area contributed by atoms with Gasteiger partial charge in [0.2, 0.25) is 0 Å². The highest BCUT2D eigenvalue weighted by Gasteiger charge is 2.25. The maximum atomic E-state index is 14.7. The number of halogens is 2. The molecule has 0 spiro atoms. The maximum Gasteiger partial charge on any atom is 0.326 e. The van der Waals surface area contributed by atoms with E-state index in [1.54, 1.807) is 12.1 Å². The number of ether oxygens (including phenoxy) is 1. The lowest BCUT2D eigenvalue weighted by Gasteiger charge is -2.13. The largest absolute Gasteiger partial charge is 0.488 e. The number of carboxylic acids is 1. The van der Waals surface area contributed by atoms with Crippen molar-refractivity contribution in [3.8, 4) is 5.75 Å². The summed E-state index contributed by atoms with van der Waals surface area (Å²) in [6.07, 6.45) is 2.87. The fourth-order valence-electron chi connectivity index (χ4n) is 5.14. The van der Waals surface area contributed by atoms with Crippen LogP contribution in [0.15, 0.2) is 59.4 Å². The van der Waals surface area contributed by atoms with Crippen LogP contribution in [0.1, 0.15) is 41.6 Å². The van der Waals surface area contributed by atoms with Gasteiger partial charge in [-0.25, -0.2) is 13.6 Å². The number of H-pyrrole nitrogens is 1. The first-order valence-corrected chi connectivity index (χ1v) is 12.3. The molecular formula is C29H27F2N3O4. The number of aliphatic carboxylic acids is 1. The van der Waals surface area contributed by atoms with Gasteiger partial charge in [-0.05, 0) is 73.1 Å². The Kier molecular flexibility index (Phi) is 6.86. The third-order valence-electron chi connectivity index (χ3n) is 6.80. The van der Waals surface area contributed by atoms with Crippen molar-refractivity contribution in [1.82, 2.24) is 14.5 Å². The average Bonchev–Trinajstić information content (AvgIpc) is 3.38. The maximum absolute atomic E-state index is 14.7. The van der Waals surface area contributed by atoms with Gasteiger partial charge in [-0.3, -0.25) is 9.36 Å². The Hall–Kier alpha value is -4.24. The zero-order valence-corrected chi connectivity index (χ0v) is 21.0. The minimum Gasteiger partial charge on any atom is -0.488 e. The van der Waals surface area contributed by atoms with Crippen molar-refractivity contribution in [3.63, 3.8) is 0 Å². The molecule has 9 heteroatoms. The molecule has 6 rings (SSSR count). The molecule has 1 fully saturated rings. The molecule has 0 unspecified atom stereocenters. The van der Waals surface area contributed by atoms with Crippen molar-refractivity contribution in [2.75, 3.05) is 20.1 Å². The molecule has 2 N–H and O–H groups in total. The molecule has 4 aromatic rings. The van der Waals surface area contributed by atoms with E-state index in [1.807, 2.05) is 34.9 Å². The molecule has 0 radical (unpaired) electrons. The highest BCUT2D eigenvalue weighted by Crippen LogP contribution is 2.39. The molecule has 1 aromatic heterocycles. The van der Waals surface area contributed by atoms with Gasteiger partial charge < -0.3 is 19.7 Å². The summed E-state index contributed by atoms with van der Waals surface area (Å²) in [5.41, 5.74) is 4.89. The average molecular weight is 520 g/mol. The molecule has 1 atom stereocenters. The lowest BCUT2D eigenvalue weighted by Crippen LogP contribution is -2.24. The molecule has 0 aliphatic carbocycles. The number of carboxylic acid groups (broad SMARTS) is 1. The number of fused-ring (bicyclic) bond motifs is 3. The first-order chi connectivity index (χ1) is 18.2. The van der Waals surface area contributed by atoms with E-state index in [2.05, 4.69) is 16.9 Å². The monoisotopic (exact) mass is 519 g/mol. The second kappa shape index (κ2) is 10.3. The number of hydrogen-bond acceptors (Lipinski definition) is 4. The Bertz CT molecular complexity index is 1620. The molecule has 0 amide bonds. The van der Waals surface area contributed by atoms with Crippen molar-refractivity contribution in [3.05, 3.63) is 99.0 Å². The molecule has 0 saturated carbocycles. The molecule has 38 heavy (non-hydrogen) atoms.